The van der Waals surface area contributed by atoms with E-state index in [2.05, 4.69) is 5.32 Å². The molecule has 0 spiro atoms. The van der Waals surface area contributed by atoms with E-state index in [0.29, 0.717) is 13.1 Å². The van der Waals surface area contributed by atoms with Crippen molar-refractivity contribution in [2.75, 3.05) is 26.7 Å². The van der Waals surface area contributed by atoms with Crippen LogP contribution < -0.4 is 10.1 Å². The number of hydrogen-bond donors (Lipinski definition) is 1. The van der Waals surface area contributed by atoms with Gasteiger partial charge in [0.15, 0.2) is 0 Å². The van der Waals surface area contributed by atoms with E-state index in [-0.39, 0.29) is 18.3 Å². The van der Waals surface area contributed by atoms with Crippen LogP contribution in [0.2, 0.25) is 0 Å². The normalized spacial score (nSPS) is 15.4. The van der Waals surface area contributed by atoms with Gasteiger partial charge in [-0.15, -0.1) is 12.4 Å². The van der Waals surface area contributed by atoms with Gasteiger partial charge in [0.25, 0.3) is 0 Å². The van der Waals surface area contributed by atoms with E-state index >= 15 is 0 Å². The fourth-order valence-electron chi connectivity index (χ4n) is 1.76. The van der Waals surface area contributed by atoms with Gasteiger partial charge in [-0.3, -0.25) is 4.79 Å². The van der Waals surface area contributed by atoms with E-state index in [1.807, 2.05) is 29.2 Å². The molecule has 0 bridgehead atoms. The number of nitrogens with zero attached hydrogens (tertiary/aromatic N) is 1. The Bertz CT molecular complexity index is 367. The molecule has 0 atom stereocenters. The fourth-order valence-corrected chi connectivity index (χ4v) is 1.76. The first-order chi connectivity index (χ1) is 7.79. The lowest BCUT2D eigenvalue weighted by atomic mass is 10.2. The summed E-state index contributed by atoms with van der Waals surface area (Å²) in [6.45, 7) is 2.80. The molecule has 1 fully saturated rings. The Hall–Kier alpha value is -1.26. The van der Waals surface area contributed by atoms with Gasteiger partial charge in [-0.25, -0.2) is 0 Å². The maximum Gasteiger partial charge on any atom is 0.236 e. The van der Waals surface area contributed by atoms with Crippen LogP contribution in [0.3, 0.4) is 0 Å². The van der Waals surface area contributed by atoms with Gasteiger partial charge >= 0.3 is 0 Å². The molecule has 1 aliphatic heterocycles. The van der Waals surface area contributed by atoms with Gasteiger partial charge in [-0.2, -0.15) is 0 Å². The molecular weight excluding hydrogens is 240 g/mol. The van der Waals surface area contributed by atoms with Gasteiger partial charge in [0.05, 0.1) is 13.7 Å². The summed E-state index contributed by atoms with van der Waals surface area (Å²) in [7, 11) is 1.65. The van der Waals surface area contributed by atoms with Gasteiger partial charge in [0.2, 0.25) is 5.91 Å². The average molecular weight is 257 g/mol. The first kappa shape index (κ1) is 13.8. The number of ether oxygens (including phenoxy) is 1. The number of carbonyl (C=O) groups excluding carboxylic acids is 1. The molecule has 17 heavy (non-hydrogen) atoms. The van der Waals surface area contributed by atoms with Crippen LogP contribution in [0.5, 0.6) is 5.75 Å². The van der Waals surface area contributed by atoms with Crippen molar-refractivity contribution in [3.05, 3.63) is 29.8 Å². The van der Waals surface area contributed by atoms with Crippen LogP contribution in [-0.4, -0.2) is 37.6 Å². The van der Waals surface area contributed by atoms with Gasteiger partial charge in [-0.1, -0.05) is 12.1 Å². The second kappa shape index (κ2) is 6.47. The number of amides is 1. The van der Waals surface area contributed by atoms with Crippen molar-refractivity contribution >= 4 is 18.3 Å². The number of nitrogens with one attached hydrogen (secondary N) is 1. The summed E-state index contributed by atoms with van der Waals surface area (Å²) in [5, 5.41) is 3.06. The van der Waals surface area contributed by atoms with E-state index in [1.165, 1.54) is 0 Å². The summed E-state index contributed by atoms with van der Waals surface area (Å²) < 4.78 is 5.09. The third-order valence-corrected chi connectivity index (χ3v) is 2.72. The topological polar surface area (TPSA) is 41.6 Å². The Kier molecular flexibility index (Phi) is 5.25. The molecule has 0 radical (unpaired) electrons. The predicted octanol–water partition coefficient (Wildman–Crippen LogP) is 1.05. The molecule has 1 heterocycles. The molecule has 4 nitrogen and oxygen atoms in total. The summed E-state index contributed by atoms with van der Waals surface area (Å²) in [4.78, 5) is 13.4. The minimum atomic E-state index is 0. The van der Waals surface area contributed by atoms with Crippen molar-refractivity contribution in [2.24, 2.45) is 0 Å². The second-order valence-electron chi connectivity index (χ2n) is 3.84. The van der Waals surface area contributed by atoms with Crippen molar-refractivity contribution in [1.29, 1.82) is 0 Å². The fraction of sp³-hybridized carbons (Fsp3) is 0.417. The van der Waals surface area contributed by atoms with E-state index < -0.39 is 0 Å². The summed E-state index contributed by atoms with van der Waals surface area (Å²) in [5.74, 6) is 1.01. The molecule has 1 N–H and O–H groups in total. The van der Waals surface area contributed by atoms with Crippen LogP contribution in [-0.2, 0) is 11.3 Å². The first-order valence-electron chi connectivity index (χ1n) is 5.41. The summed E-state index contributed by atoms with van der Waals surface area (Å²) >= 11 is 0. The van der Waals surface area contributed by atoms with Crippen LogP contribution in [0.25, 0.3) is 0 Å². The number of rotatable bonds is 3. The molecule has 0 aliphatic carbocycles. The Morgan fingerprint density at radius 1 is 1.35 bits per heavy atom. The average Bonchev–Trinajstić information content (AvgIpc) is 2.33. The lowest BCUT2D eigenvalue weighted by Gasteiger charge is -2.27. The lowest BCUT2D eigenvalue weighted by molar-refractivity contribution is -0.132. The van der Waals surface area contributed by atoms with E-state index in [0.717, 1.165) is 24.4 Å². The van der Waals surface area contributed by atoms with Gasteiger partial charge in [-0.05, 0) is 17.7 Å². The largest absolute Gasteiger partial charge is 0.497 e. The summed E-state index contributed by atoms with van der Waals surface area (Å²) in [5.41, 5.74) is 1.14. The lowest BCUT2D eigenvalue weighted by Crippen LogP contribution is -2.47. The Labute approximate surface area is 107 Å². The number of benzene rings is 1. The molecule has 0 aromatic heterocycles. The SMILES string of the molecule is COc1ccc(CN2CCNCC2=O)cc1.Cl. The first-order valence-corrected chi connectivity index (χ1v) is 5.41. The molecule has 5 heteroatoms. The van der Waals surface area contributed by atoms with Crippen molar-refractivity contribution in [3.63, 3.8) is 0 Å². The van der Waals surface area contributed by atoms with Crippen LogP contribution in [0.15, 0.2) is 24.3 Å². The third kappa shape index (κ3) is 3.61. The maximum atomic E-state index is 11.6. The molecule has 0 saturated carbocycles. The highest BCUT2D eigenvalue weighted by Gasteiger charge is 2.17. The van der Waals surface area contributed by atoms with E-state index in [1.54, 1.807) is 7.11 Å². The molecule has 1 aromatic carbocycles. The molecule has 0 unspecified atom stereocenters. The molecule has 1 aliphatic rings. The zero-order valence-electron chi connectivity index (χ0n) is 9.81. The molecule has 1 aromatic rings. The third-order valence-electron chi connectivity index (χ3n) is 2.72. The molecule has 2 rings (SSSR count). The van der Waals surface area contributed by atoms with Gasteiger partial charge < -0.3 is 15.0 Å². The highest BCUT2D eigenvalue weighted by Crippen LogP contribution is 2.13. The quantitative estimate of drug-likeness (QED) is 0.879. The van der Waals surface area contributed by atoms with Crippen LogP contribution in [0.1, 0.15) is 5.56 Å². The second-order valence-corrected chi connectivity index (χ2v) is 3.84. The minimum Gasteiger partial charge on any atom is -0.497 e. The Balaban J connectivity index is 0.00000144. The molecule has 94 valence electrons. The summed E-state index contributed by atoms with van der Waals surface area (Å²) in [6.07, 6.45) is 0. The van der Waals surface area contributed by atoms with E-state index in [4.69, 9.17) is 4.74 Å². The zero-order chi connectivity index (χ0) is 11.4. The highest BCUT2D eigenvalue weighted by atomic mass is 35.5. The van der Waals surface area contributed by atoms with Crippen LogP contribution in [0.4, 0.5) is 0 Å². The van der Waals surface area contributed by atoms with Crippen molar-refractivity contribution < 1.29 is 9.53 Å². The smallest absolute Gasteiger partial charge is 0.236 e. The van der Waals surface area contributed by atoms with Gasteiger partial charge in [0.1, 0.15) is 5.75 Å². The number of carbonyl (C=O) groups is 1. The molecule has 1 amide bonds. The van der Waals surface area contributed by atoms with Gasteiger partial charge in [0, 0.05) is 19.6 Å². The number of hydrogen-bond acceptors (Lipinski definition) is 3. The predicted molar refractivity (Wildman–Crippen MR) is 68.5 cm³/mol. The molecular formula is C12H17ClN2O2. The van der Waals surface area contributed by atoms with Crippen molar-refractivity contribution in [3.8, 4) is 5.75 Å². The van der Waals surface area contributed by atoms with Crippen molar-refractivity contribution in [1.82, 2.24) is 10.2 Å². The monoisotopic (exact) mass is 256 g/mol. The zero-order valence-corrected chi connectivity index (χ0v) is 10.6. The van der Waals surface area contributed by atoms with Crippen LogP contribution >= 0.6 is 12.4 Å². The van der Waals surface area contributed by atoms with Crippen molar-refractivity contribution in [2.45, 2.75) is 6.54 Å². The number of methoxy groups -OCH3 is 1. The highest BCUT2D eigenvalue weighted by molar-refractivity contribution is 5.85. The summed E-state index contributed by atoms with van der Waals surface area (Å²) in [6, 6.07) is 7.83. The molecule has 1 saturated heterocycles. The minimum absolute atomic E-state index is 0. The van der Waals surface area contributed by atoms with E-state index in [9.17, 15) is 4.79 Å². The number of halogens is 1. The Morgan fingerprint density at radius 2 is 2.06 bits per heavy atom. The maximum absolute atomic E-state index is 11.6. The number of piperazine rings is 1. The van der Waals surface area contributed by atoms with Crippen LogP contribution in [0, 0.1) is 0 Å². The Morgan fingerprint density at radius 3 is 2.65 bits per heavy atom. The standard InChI is InChI=1S/C12H16N2O2.ClH/c1-16-11-4-2-10(3-5-11)9-14-7-6-13-8-12(14)15;/h2-5,13H,6-9H2,1H3;1H.